The number of unbranched alkanes of at least 4 members (excludes halogenated alkanes) is 24. The number of esters is 2. The molecule has 0 heterocycles. The maximum atomic E-state index is 12.5. The summed E-state index contributed by atoms with van der Waals surface area (Å²) in [4.78, 5) is 35.9. The number of aliphatic carboxylic acids is 1. The van der Waals surface area contributed by atoms with E-state index < -0.39 is 18.1 Å². The van der Waals surface area contributed by atoms with Crippen LogP contribution in [-0.2, 0) is 23.9 Å². The lowest BCUT2D eigenvalue weighted by Crippen LogP contribution is -2.34. The number of thioether (sulfide) groups is 1. The van der Waals surface area contributed by atoms with Crippen LogP contribution in [0.3, 0.4) is 0 Å². The summed E-state index contributed by atoms with van der Waals surface area (Å²) in [6.45, 7) is 4.51. The van der Waals surface area contributed by atoms with Crippen molar-refractivity contribution in [1.82, 2.24) is 0 Å². The summed E-state index contributed by atoms with van der Waals surface area (Å²) >= 11 is 1.30. The van der Waals surface area contributed by atoms with Crippen LogP contribution >= 0.6 is 11.8 Å². The van der Waals surface area contributed by atoms with Crippen molar-refractivity contribution >= 4 is 29.7 Å². The molecule has 0 bridgehead atoms. The Labute approximate surface area is 287 Å². The molecule has 2 unspecified atom stereocenters. The van der Waals surface area contributed by atoms with Crippen LogP contribution in [0.15, 0.2) is 0 Å². The molecule has 0 amide bonds. The van der Waals surface area contributed by atoms with E-state index in [2.05, 4.69) is 13.8 Å². The van der Waals surface area contributed by atoms with E-state index in [1.54, 1.807) is 0 Å². The van der Waals surface area contributed by atoms with E-state index >= 15 is 0 Å². The van der Waals surface area contributed by atoms with E-state index in [-0.39, 0.29) is 24.3 Å². The van der Waals surface area contributed by atoms with Gasteiger partial charge in [-0.25, -0.2) is 0 Å². The van der Waals surface area contributed by atoms with Crippen LogP contribution in [0.4, 0.5) is 0 Å². The minimum Gasteiger partial charge on any atom is -0.480 e. The van der Waals surface area contributed by atoms with Crippen molar-refractivity contribution < 1.29 is 29.0 Å². The smallest absolute Gasteiger partial charge is 0.321 e. The third-order valence-corrected chi connectivity index (χ3v) is 9.82. The zero-order chi connectivity index (χ0) is 33.9. The highest BCUT2D eigenvalue weighted by atomic mass is 32.2. The Morgan fingerprint density at radius 2 is 0.891 bits per heavy atom. The van der Waals surface area contributed by atoms with Gasteiger partial charge in [-0.1, -0.05) is 168 Å². The fraction of sp³-hybridized carbons (Fsp3) is 0.921. The van der Waals surface area contributed by atoms with E-state index in [4.69, 9.17) is 20.3 Å². The van der Waals surface area contributed by atoms with Gasteiger partial charge in [-0.15, -0.1) is 0 Å². The lowest BCUT2D eigenvalue weighted by molar-refractivity contribution is -0.157. The number of hydrogen-bond acceptors (Lipinski definition) is 7. The number of nitrogens with two attached hydrogens (primary N) is 1. The molecule has 272 valence electrons. The van der Waals surface area contributed by atoms with Gasteiger partial charge in [0.15, 0.2) is 0 Å². The monoisotopic (exact) mass is 672 g/mol. The van der Waals surface area contributed by atoms with Crippen LogP contribution in [0, 0.1) is 0 Å². The molecule has 3 N–H and O–H groups in total. The lowest BCUT2D eigenvalue weighted by Gasteiger charge is -2.18. The molecule has 2 atom stereocenters. The van der Waals surface area contributed by atoms with Gasteiger partial charge in [0, 0.05) is 24.3 Å². The molecular weight excluding hydrogens is 598 g/mol. The van der Waals surface area contributed by atoms with Gasteiger partial charge in [0.25, 0.3) is 0 Å². The third-order valence-electron chi connectivity index (χ3n) is 8.62. The Morgan fingerprint density at radius 1 is 0.543 bits per heavy atom. The molecule has 46 heavy (non-hydrogen) atoms. The second-order valence-electron chi connectivity index (χ2n) is 13.3. The van der Waals surface area contributed by atoms with E-state index in [0.29, 0.717) is 18.6 Å². The summed E-state index contributed by atoms with van der Waals surface area (Å²) in [6, 6.07) is -0.981. The number of ether oxygens (including phenoxy) is 2. The van der Waals surface area contributed by atoms with Gasteiger partial charge in [-0.2, -0.15) is 11.8 Å². The fourth-order valence-corrected chi connectivity index (χ4v) is 6.55. The standard InChI is InChI=1S/C38H73NO6S/c1-3-5-7-9-11-13-15-17-19-21-23-25-27-29-36(40)44-31-34(32-46-33-35(39)38(42)43)45-37(41)30-28-26-24-22-20-18-16-14-12-10-8-6-4-2/h34-35H,3-33,39H2,1-2H3,(H,42,43). The zero-order valence-electron chi connectivity index (χ0n) is 30.0. The average molecular weight is 672 g/mol. The molecule has 0 radical (unpaired) electrons. The van der Waals surface area contributed by atoms with E-state index in [9.17, 15) is 14.4 Å². The van der Waals surface area contributed by atoms with Crippen LogP contribution in [0.25, 0.3) is 0 Å². The predicted octanol–water partition coefficient (Wildman–Crippen LogP) is 10.5. The number of carboxylic acid groups (broad SMARTS) is 1. The number of carbonyl (C=O) groups is 3. The fourth-order valence-electron chi connectivity index (χ4n) is 5.59. The first-order chi connectivity index (χ1) is 22.4. The molecule has 0 aromatic rings. The first kappa shape index (κ1) is 44.7. The van der Waals surface area contributed by atoms with Crippen molar-refractivity contribution in [1.29, 1.82) is 0 Å². The summed E-state index contributed by atoms with van der Waals surface area (Å²) in [5.41, 5.74) is 5.61. The zero-order valence-corrected chi connectivity index (χ0v) is 30.9. The number of carboxylic acids is 1. The Bertz CT molecular complexity index is 707. The predicted molar refractivity (Wildman–Crippen MR) is 194 cm³/mol. The van der Waals surface area contributed by atoms with Gasteiger partial charge in [0.05, 0.1) is 0 Å². The average Bonchev–Trinajstić information content (AvgIpc) is 3.04. The molecule has 0 aliphatic heterocycles. The normalized spacial score (nSPS) is 12.6. The maximum absolute atomic E-state index is 12.5. The van der Waals surface area contributed by atoms with Crippen LogP contribution < -0.4 is 5.73 Å². The molecule has 0 aliphatic carbocycles. The molecule has 8 heteroatoms. The summed E-state index contributed by atoms with van der Waals surface area (Å²) < 4.78 is 11.1. The lowest BCUT2D eigenvalue weighted by atomic mass is 10.0. The van der Waals surface area contributed by atoms with Gasteiger partial charge in [-0.3, -0.25) is 14.4 Å². The first-order valence-electron chi connectivity index (χ1n) is 19.3. The van der Waals surface area contributed by atoms with Gasteiger partial charge < -0.3 is 20.3 Å². The Hall–Kier alpha value is -1.28. The SMILES string of the molecule is CCCCCCCCCCCCCCCC(=O)OCC(CSCC(N)C(=O)O)OC(=O)CCCCCCCCCCCCCCC. The minimum atomic E-state index is -1.06. The maximum Gasteiger partial charge on any atom is 0.321 e. The molecule has 0 saturated heterocycles. The molecule has 0 aromatic heterocycles. The Balaban J connectivity index is 4.06. The second-order valence-corrected chi connectivity index (χ2v) is 14.3. The third kappa shape index (κ3) is 32.7. The molecular formula is C38H73NO6S. The number of hydrogen-bond donors (Lipinski definition) is 2. The highest BCUT2D eigenvalue weighted by Crippen LogP contribution is 2.16. The molecule has 0 aromatic carbocycles. The number of rotatable bonds is 36. The summed E-state index contributed by atoms with van der Waals surface area (Å²) in [7, 11) is 0. The van der Waals surface area contributed by atoms with Crippen LogP contribution in [0.1, 0.15) is 194 Å². The summed E-state index contributed by atoms with van der Waals surface area (Å²) in [6.07, 6.45) is 32.6. The summed E-state index contributed by atoms with van der Waals surface area (Å²) in [5.74, 6) is -1.07. The van der Waals surface area contributed by atoms with Crippen LogP contribution in [0.2, 0.25) is 0 Å². The first-order valence-corrected chi connectivity index (χ1v) is 20.5. The van der Waals surface area contributed by atoms with Gasteiger partial charge in [0.1, 0.15) is 18.8 Å². The molecule has 7 nitrogen and oxygen atoms in total. The minimum absolute atomic E-state index is 0.00304. The molecule has 0 fully saturated rings. The van der Waals surface area contributed by atoms with Crippen molar-refractivity contribution in [3.63, 3.8) is 0 Å². The van der Waals surface area contributed by atoms with Crippen molar-refractivity contribution in [3.8, 4) is 0 Å². The van der Waals surface area contributed by atoms with Gasteiger partial charge >= 0.3 is 17.9 Å². The molecule has 0 aliphatic rings. The largest absolute Gasteiger partial charge is 0.480 e. The second kappa shape index (κ2) is 35.0. The van der Waals surface area contributed by atoms with E-state index in [1.807, 2.05) is 0 Å². The van der Waals surface area contributed by atoms with Crippen LogP contribution in [0.5, 0.6) is 0 Å². The van der Waals surface area contributed by atoms with Gasteiger partial charge in [-0.05, 0) is 12.8 Å². The Morgan fingerprint density at radius 3 is 1.26 bits per heavy atom. The van der Waals surface area contributed by atoms with Crippen LogP contribution in [-0.4, -0.2) is 53.3 Å². The quantitative estimate of drug-likeness (QED) is 0.0499. The molecule has 0 spiro atoms. The Kier molecular flexibility index (Phi) is 34.1. The highest BCUT2D eigenvalue weighted by Gasteiger charge is 2.19. The topological polar surface area (TPSA) is 116 Å². The van der Waals surface area contributed by atoms with Gasteiger partial charge in [0.2, 0.25) is 0 Å². The highest BCUT2D eigenvalue weighted by molar-refractivity contribution is 7.99. The molecule has 0 saturated carbocycles. The van der Waals surface area contributed by atoms with E-state index in [1.165, 1.54) is 140 Å². The summed E-state index contributed by atoms with van der Waals surface area (Å²) in [5, 5.41) is 9.04. The van der Waals surface area contributed by atoms with Crippen molar-refractivity contribution in [3.05, 3.63) is 0 Å². The molecule has 0 rings (SSSR count). The van der Waals surface area contributed by atoms with E-state index in [0.717, 1.165) is 38.5 Å². The van der Waals surface area contributed by atoms with Crippen molar-refractivity contribution in [2.24, 2.45) is 5.73 Å². The van der Waals surface area contributed by atoms with Crippen molar-refractivity contribution in [2.75, 3.05) is 18.1 Å². The number of carbonyl (C=O) groups excluding carboxylic acids is 2. The van der Waals surface area contributed by atoms with Crippen molar-refractivity contribution in [2.45, 2.75) is 206 Å².